The van der Waals surface area contributed by atoms with Gasteiger partial charge in [0.05, 0.1) is 26.2 Å². The Morgan fingerprint density at radius 1 is 1.03 bits per heavy atom. The molecule has 1 aliphatic rings. The number of benzene rings is 1. The largest absolute Gasteiger partial charge is 0.493 e. The van der Waals surface area contributed by atoms with Crippen molar-refractivity contribution in [3.63, 3.8) is 0 Å². The number of carbonyl (C=O) groups excluding carboxylic acids is 1. The van der Waals surface area contributed by atoms with Gasteiger partial charge in [0.25, 0.3) is 5.91 Å². The zero-order valence-electron chi connectivity index (χ0n) is 17.9. The van der Waals surface area contributed by atoms with E-state index in [1.165, 1.54) is 6.26 Å². The van der Waals surface area contributed by atoms with Gasteiger partial charge in [-0.25, -0.2) is 9.50 Å². The van der Waals surface area contributed by atoms with E-state index in [-0.39, 0.29) is 5.91 Å². The van der Waals surface area contributed by atoms with Crippen molar-refractivity contribution in [1.29, 1.82) is 0 Å². The van der Waals surface area contributed by atoms with Gasteiger partial charge < -0.3 is 23.7 Å². The highest BCUT2D eigenvalue weighted by Gasteiger charge is 2.25. The lowest BCUT2D eigenvalue weighted by atomic mass is 10.1. The lowest BCUT2D eigenvalue weighted by Gasteiger charge is -2.35. The summed E-state index contributed by atoms with van der Waals surface area (Å²) in [5, 5.41) is 4.72. The van der Waals surface area contributed by atoms with E-state index in [0.717, 1.165) is 22.6 Å². The summed E-state index contributed by atoms with van der Waals surface area (Å²) in [5.41, 5.74) is 2.64. The number of furan rings is 1. The van der Waals surface area contributed by atoms with Crippen molar-refractivity contribution in [3.05, 3.63) is 60.8 Å². The molecule has 5 rings (SSSR count). The zero-order chi connectivity index (χ0) is 22.1. The fourth-order valence-corrected chi connectivity index (χ4v) is 3.97. The van der Waals surface area contributed by atoms with Crippen LogP contribution in [0.1, 0.15) is 10.6 Å². The van der Waals surface area contributed by atoms with Gasteiger partial charge in [0.15, 0.2) is 23.1 Å². The van der Waals surface area contributed by atoms with Crippen LogP contribution in [0, 0.1) is 0 Å². The lowest BCUT2D eigenvalue weighted by molar-refractivity contribution is 0.0714. The molecule has 4 heterocycles. The summed E-state index contributed by atoms with van der Waals surface area (Å²) in [6.45, 7) is 2.55. The standard InChI is InChI=1S/C23H23N5O4/c1-30-19-6-5-16(14-21(19)31-2)17-15-18-22(24-7-8-28(18)25-17)26-9-11-27(12-10-26)23(29)20-4-3-13-32-20/h3-8,13-15H,9-12H2,1-2H3. The molecule has 1 aromatic carbocycles. The third kappa shape index (κ3) is 3.51. The van der Waals surface area contributed by atoms with Gasteiger partial charge in [0.1, 0.15) is 5.52 Å². The van der Waals surface area contributed by atoms with Crippen molar-refractivity contribution >= 4 is 17.2 Å². The van der Waals surface area contributed by atoms with Crippen LogP contribution in [0.5, 0.6) is 11.5 Å². The Labute approximate surface area is 184 Å². The summed E-state index contributed by atoms with van der Waals surface area (Å²) in [6, 6.07) is 11.2. The van der Waals surface area contributed by atoms with E-state index in [1.807, 2.05) is 35.0 Å². The first-order valence-electron chi connectivity index (χ1n) is 10.3. The van der Waals surface area contributed by atoms with Crippen molar-refractivity contribution in [3.8, 4) is 22.8 Å². The van der Waals surface area contributed by atoms with Crippen molar-refractivity contribution in [1.82, 2.24) is 19.5 Å². The average molecular weight is 433 g/mol. The number of aromatic nitrogens is 3. The number of carbonyl (C=O) groups is 1. The van der Waals surface area contributed by atoms with E-state index in [1.54, 1.807) is 37.4 Å². The predicted octanol–water partition coefficient (Wildman–Crippen LogP) is 2.97. The Hall–Kier alpha value is -4.01. The molecule has 0 bridgehead atoms. The molecule has 1 aliphatic heterocycles. The second-order valence-corrected chi connectivity index (χ2v) is 7.44. The van der Waals surface area contributed by atoms with Gasteiger partial charge in [-0.15, -0.1) is 0 Å². The van der Waals surface area contributed by atoms with E-state index >= 15 is 0 Å². The first-order chi connectivity index (χ1) is 15.7. The molecule has 0 atom stereocenters. The molecule has 164 valence electrons. The maximum absolute atomic E-state index is 12.5. The third-order valence-corrected chi connectivity index (χ3v) is 5.65. The third-order valence-electron chi connectivity index (χ3n) is 5.65. The fraction of sp³-hybridized carbons (Fsp3) is 0.261. The van der Waals surface area contributed by atoms with Gasteiger partial charge in [-0.05, 0) is 36.4 Å². The van der Waals surface area contributed by atoms with E-state index in [2.05, 4.69) is 9.88 Å². The highest BCUT2D eigenvalue weighted by molar-refractivity contribution is 5.91. The Morgan fingerprint density at radius 3 is 2.56 bits per heavy atom. The number of anilines is 1. The van der Waals surface area contributed by atoms with Gasteiger partial charge in [-0.2, -0.15) is 5.10 Å². The van der Waals surface area contributed by atoms with E-state index in [0.29, 0.717) is 43.4 Å². The van der Waals surface area contributed by atoms with Crippen LogP contribution in [0.15, 0.2) is 59.5 Å². The minimum Gasteiger partial charge on any atom is -0.493 e. The topological polar surface area (TPSA) is 85.3 Å². The molecule has 0 saturated carbocycles. The van der Waals surface area contributed by atoms with E-state index in [9.17, 15) is 4.79 Å². The Kier molecular flexibility index (Phi) is 5.14. The van der Waals surface area contributed by atoms with Gasteiger partial charge >= 0.3 is 0 Å². The van der Waals surface area contributed by atoms with Crippen LogP contribution in [0.4, 0.5) is 5.82 Å². The minimum absolute atomic E-state index is 0.0825. The Bertz CT molecular complexity index is 1240. The summed E-state index contributed by atoms with van der Waals surface area (Å²) in [6.07, 6.45) is 5.09. The van der Waals surface area contributed by atoms with Crippen LogP contribution in [-0.2, 0) is 0 Å². The van der Waals surface area contributed by atoms with Gasteiger partial charge in [-0.1, -0.05) is 0 Å². The number of hydrogen-bond acceptors (Lipinski definition) is 7. The molecule has 0 N–H and O–H groups in total. The lowest BCUT2D eigenvalue weighted by Crippen LogP contribution is -2.49. The quantitative estimate of drug-likeness (QED) is 0.478. The number of methoxy groups -OCH3 is 2. The SMILES string of the molecule is COc1ccc(-c2cc3c(N4CCN(C(=O)c5ccco5)CC4)nccn3n2)cc1OC. The van der Waals surface area contributed by atoms with Gasteiger partial charge in [-0.3, -0.25) is 4.79 Å². The number of piperazine rings is 1. The number of amides is 1. The number of rotatable bonds is 5. The Balaban J connectivity index is 1.39. The summed E-state index contributed by atoms with van der Waals surface area (Å²) >= 11 is 0. The van der Waals surface area contributed by atoms with Crippen LogP contribution in [0.2, 0.25) is 0 Å². The van der Waals surface area contributed by atoms with Crippen LogP contribution in [-0.4, -0.2) is 65.8 Å². The molecule has 0 spiro atoms. The maximum atomic E-state index is 12.5. The van der Waals surface area contributed by atoms with E-state index in [4.69, 9.17) is 19.0 Å². The van der Waals surface area contributed by atoms with Gasteiger partial charge in [0.2, 0.25) is 0 Å². The molecule has 9 heteroatoms. The molecule has 1 amide bonds. The zero-order valence-corrected chi connectivity index (χ0v) is 17.9. The Morgan fingerprint density at radius 2 is 1.84 bits per heavy atom. The monoisotopic (exact) mass is 433 g/mol. The second-order valence-electron chi connectivity index (χ2n) is 7.44. The number of nitrogens with zero attached hydrogens (tertiary/aromatic N) is 5. The van der Waals surface area contributed by atoms with Crippen LogP contribution in [0.3, 0.4) is 0 Å². The van der Waals surface area contributed by atoms with Gasteiger partial charge in [0, 0.05) is 44.1 Å². The average Bonchev–Trinajstić information content (AvgIpc) is 3.53. The molecule has 3 aromatic heterocycles. The molecule has 1 fully saturated rings. The smallest absolute Gasteiger partial charge is 0.289 e. The molecular formula is C23H23N5O4. The summed E-state index contributed by atoms with van der Waals surface area (Å²) in [4.78, 5) is 21.1. The highest BCUT2D eigenvalue weighted by Crippen LogP contribution is 2.33. The molecule has 9 nitrogen and oxygen atoms in total. The van der Waals surface area contributed by atoms with Crippen LogP contribution >= 0.6 is 0 Å². The number of hydrogen-bond donors (Lipinski definition) is 0. The first kappa shape index (κ1) is 19.9. The predicted molar refractivity (Wildman–Crippen MR) is 118 cm³/mol. The van der Waals surface area contributed by atoms with Crippen molar-refractivity contribution in [2.24, 2.45) is 0 Å². The van der Waals surface area contributed by atoms with Crippen molar-refractivity contribution in [2.75, 3.05) is 45.3 Å². The summed E-state index contributed by atoms with van der Waals surface area (Å²) < 4.78 is 17.8. The number of ether oxygens (including phenoxy) is 2. The van der Waals surface area contributed by atoms with E-state index < -0.39 is 0 Å². The normalized spacial score (nSPS) is 14.1. The summed E-state index contributed by atoms with van der Waals surface area (Å²) in [7, 11) is 3.23. The first-order valence-corrected chi connectivity index (χ1v) is 10.3. The van der Waals surface area contributed by atoms with Crippen LogP contribution in [0.25, 0.3) is 16.8 Å². The second kappa shape index (κ2) is 8.26. The highest BCUT2D eigenvalue weighted by atomic mass is 16.5. The molecule has 0 unspecified atom stereocenters. The molecule has 0 aliphatic carbocycles. The molecule has 32 heavy (non-hydrogen) atoms. The molecular weight excluding hydrogens is 410 g/mol. The van der Waals surface area contributed by atoms with Crippen molar-refractivity contribution in [2.45, 2.75) is 0 Å². The minimum atomic E-state index is -0.0825. The summed E-state index contributed by atoms with van der Waals surface area (Å²) in [5.74, 6) is 2.45. The maximum Gasteiger partial charge on any atom is 0.289 e. The molecule has 0 radical (unpaired) electrons. The fourth-order valence-electron chi connectivity index (χ4n) is 3.97. The van der Waals surface area contributed by atoms with Crippen LogP contribution < -0.4 is 14.4 Å². The molecule has 4 aromatic rings. The van der Waals surface area contributed by atoms with Crippen molar-refractivity contribution < 1.29 is 18.7 Å². The molecule has 1 saturated heterocycles. The number of fused-ring (bicyclic) bond motifs is 1.